The van der Waals surface area contributed by atoms with Crippen molar-refractivity contribution in [2.75, 3.05) is 5.73 Å². The molecule has 6 heteroatoms. The Bertz CT molecular complexity index is 475. The van der Waals surface area contributed by atoms with Crippen LogP contribution in [0.2, 0.25) is 9.49 Å². The minimum absolute atomic E-state index is 0.398. The van der Waals surface area contributed by atoms with E-state index in [0.717, 1.165) is 14.9 Å². The molecule has 2 heterocycles. The third kappa shape index (κ3) is 1.49. The molecule has 2 N–H and O–H groups in total. The summed E-state index contributed by atoms with van der Waals surface area (Å²) in [5, 5.41) is 0.406. The molecule has 0 unspecified atom stereocenters. The quantitative estimate of drug-likeness (QED) is 0.842. The Kier molecular flexibility index (Phi) is 2.43. The monoisotopic (exact) mass is 247 g/mol. The van der Waals surface area contributed by atoms with Crippen LogP contribution in [0.1, 0.15) is 0 Å². The molecular formula is C8H7Cl2N3S. The van der Waals surface area contributed by atoms with Crippen LogP contribution in [0.25, 0.3) is 10.6 Å². The largest absolute Gasteiger partial charge is 0.369 e. The SMILES string of the molecule is Cn1c(N)nc(Cl)c1-c1ccc(Cl)s1. The van der Waals surface area contributed by atoms with Gasteiger partial charge in [-0.2, -0.15) is 0 Å². The van der Waals surface area contributed by atoms with Crippen LogP contribution in [0.15, 0.2) is 12.1 Å². The number of aromatic nitrogens is 2. The lowest BCUT2D eigenvalue weighted by Gasteiger charge is -1.99. The van der Waals surface area contributed by atoms with Crippen LogP contribution in [0, 0.1) is 0 Å². The summed E-state index contributed by atoms with van der Waals surface area (Å²) in [7, 11) is 1.82. The summed E-state index contributed by atoms with van der Waals surface area (Å²) in [5.74, 6) is 0.398. The molecule has 2 aromatic rings. The maximum absolute atomic E-state index is 5.95. The van der Waals surface area contributed by atoms with Crippen molar-refractivity contribution in [3.8, 4) is 10.6 Å². The lowest BCUT2D eigenvalue weighted by atomic mass is 10.4. The second-order valence-corrected chi connectivity index (χ2v) is 4.85. The summed E-state index contributed by atoms with van der Waals surface area (Å²) in [5.41, 5.74) is 6.43. The first-order chi connectivity index (χ1) is 6.59. The molecule has 0 amide bonds. The molecule has 0 bridgehead atoms. The predicted octanol–water partition coefficient (Wildman–Crippen LogP) is 3.04. The molecule has 0 spiro atoms. The minimum atomic E-state index is 0.398. The van der Waals surface area contributed by atoms with Crippen molar-refractivity contribution >= 4 is 40.5 Å². The number of nitrogens with zero attached hydrogens (tertiary/aromatic N) is 2. The van der Waals surface area contributed by atoms with E-state index in [-0.39, 0.29) is 0 Å². The summed E-state index contributed by atoms with van der Waals surface area (Å²) >= 11 is 13.2. The van der Waals surface area contributed by atoms with Crippen LogP contribution < -0.4 is 5.73 Å². The highest BCUT2D eigenvalue weighted by atomic mass is 35.5. The van der Waals surface area contributed by atoms with Gasteiger partial charge in [-0.25, -0.2) is 4.98 Å². The first-order valence-electron chi connectivity index (χ1n) is 3.83. The standard InChI is InChI=1S/C8H7Cl2N3S/c1-13-6(7(10)12-8(13)11)4-2-3-5(9)14-4/h2-3H,1H3,(H2,11,12). The smallest absolute Gasteiger partial charge is 0.201 e. The summed E-state index contributed by atoms with van der Waals surface area (Å²) in [6, 6.07) is 3.72. The molecule has 0 saturated heterocycles. The maximum Gasteiger partial charge on any atom is 0.201 e. The van der Waals surface area contributed by atoms with Crippen LogP contribution in [-0.4, -0.2) is 9.55 Å². The number of nitrogens with two attached hydrogens (primary N) is 1. The van der Waals surface area contributed by atoms with E-state index in [9.17, 15) is 0 Å². The number of hydrogen-bond acceptors (Lipinski definition) is 3. The Hall–Kier alpha value is -0.710. The number of thiophene rings is 1. The Labute approximate surface area is 95.1 Å². The van der Waals surface area contributed by atoms with Gasteiger partial charge in [-0.05, 0) is 12.1 Å². The fourth-order valence-corrected chi connectivity index (χ4v) is 2.69. The van der Waals surface area contributed by atoms with Gasteiger partial charge in [0.2, 0.25) is 5.95 Å². The number of rotatable bonds is 1. The average Bonchev–Trinajstić information content (AvgIpc) is 2.60. The Morgan fingerprint density at radius 3 is 2.57 bits per heavy atom. The number of halogens is 2. The number of hydrogen-bond donors (Lipinski definition) is 1. The van der Waals surface area contributed by atoms with Crippen LogP contribution in [0.5, 0.6) is 0 Å². The maximum atomic E-state index is 5.95. The van der Waals surface area contributed by atoms with Crippen LogP contribution in [-0.2, 0) is 7.05 Å². The molecule has 3 nitrogen and oxygen atoms in total. The molecule has 0 atom stereocenters. The fourth-order valence-electron chi connectivity index (χ4n) is 1.19. The number of anilines is 1. The minimum Gasteiger partial charge on any atom is -0.369 e. The molecule has 0 fully saturated rings. The van der Waals surface area contributed by atoms with Gasteiger partial charge in [-0.15, -0.1) is 11.3 Å². The molecule has 14 heavy (non-hydrogen) atoms. The molecule has 0 aliphatic rings. The van der Waals surface area contributed by atoms with Gasteiger partial charge in [-0.1, -0.05) is 23.2 Å². The highest BCUT2D eigenvalue weighted by Gasteiger charge is 2.14. The molecule has 0 aromatic carbocycles. The molecule has 0 aliphatic carbocycles. The molecule has 0 aliphatic heterocycles. The average molecular weight is 248 g/mol. The van der Waals surface area contributed by atoms with E-state index in [0.29, 0.717) is 11.1 Å². The van der Waals surface area contributed by atoms with Crippen molar-refractivity contribution in [2.45, 2.75) is 0 Å². The zero-order valence-electron chi connectivity index (χ0n) is 7.29. The molecular weight excluding hydrogens is 241 g/mol. The summed E-state index contributed by atoms with van der Waals surface area (Å²) in [4.78, 5) is 4.93. The number of imidazole rings is 1. The van der Waals surface area contributed by atoms with E-state index < -0.39 is 0 Å². The number of nitrogen functional groups attached to an aromatic ring is 1. The second-order valence-electron chi connectivity index (χ2n) is 2.77. The summed E-state index contributed by atoms with van der Waals surface area (Å²) in [6.45, 7) is 0. The molecule has 0 saturated carbocycles. The molecule has 2 aromatic heterocycles. The predicted molar refractivity (Wildman–Crippen MR) is 61.0 cm³/mol. The van der Waals surface area contributed by atoms with Crippen molar-refractivity contribution in [2.24, 2.45) is 7.05 Å². The van der Waals surface area contributed by atoms with Gasteiger partial charge in [0.15, 0.2) is 5.15 Å². The van der Waals surface area contributed by atoms with E-state index in [2.05, 4.69) is 4.98 Å². The highest BCUT2D eigenvalue weighted by Crippen LogP contribution is 2.35. The first kappa shape index (κ1) is 9.83. The summed E-state index contributed by atoms with van der Waals surface area (Å²) < 4.78 is 2.46. The van der Waals surface area contributed by atoms with Crippen LogP contribution in [0.3, 0.4) is 0 Å². The van der Waals surface area contributed by atoms with Gasteiger partial charge < -0.3 is 10.3 Å². The Balaban J connectivity index is 2.61. The zero-order valence-corrected chi connectivity index (χ0v) is 9.62. The normalized spacial score (nSPS) is 10.8. The zero-order chi connectivity index (χ0) is 10.3. The van der Waals surface area contributed by atoms with E-state index in [1.807, 2.05) is 19.2 Å². The van der Waals surface area contributed by atoms with Gasteiger partial charge in [0, 0.05) is 7.05 Å². The fraction of sp³-hybridized carbons (Fsp3) is 0.125. The van der Waals surface area contributed by atoms with Crippen molar-refractivity contribution in [3.63, 3.8) is 0 Å². The van der Waals surface area contributed by atoms with E-state index >= 15 is 0 Å². The van der Waals surface area contributed by atoms with Gasteiger partial charge >= 0.3 is 0 Å². The van der Waals surface area contributed by atoms with Crippen LogP contribution >= 0.6 is 34.5 Å². The lowest BCUT2D eigenvalue weighted by molar-refractivity contribution is 0.940. The van der Waals surface area contributed by atoms with Gasteiger partial charge in [0.05, 0.1) is 14.9 Å². The van der Waals surface area contributed by atoms with Crippen molar-refractivity contribution in [1.82, 2.24) is 9.55 Å². The van der Waals surface area contributed by atoms with Crippen molar-refractivity contribution in [3.05, 3.63) is 21.6 Å². The highest BCUT2D eigenvalue weighted by molar-refractivity contribution is 7.19. The van der Waals surface area contributed by atoms with E-state index in [4.69, 9.17) is 28.9 Å². The molecule has 74 valence electrons. The second kappa shape index (κ2) is 3.46. The van der Waals surface area contributed by atoms with Crippen molar-refractivity contribution < 1.29 is 0 Å². The molecule has 2 rings (SSSR count). The van der Waals surface area contributed by atoms with E-state index in [1.165, 1.54) is 11.3 Å². The third-order valence-corrected chi connectivity index (χ3v) is 3.40. The van der Waals surface area contributed by atoms with Crippen molar-refractivity contribution in [1.29, 1.82) is 0 Å². The van der Waals surface area contributed by atoms with E-state index in [1.54, 1.807) is 4.57 Å². The molecule has 0 radical (unpaired) electrons. The van der Waals surface area contributed by atoms with Gasteiger partial charge in [0.25, 0.3) is 0 Å². The first-order valence-corrected chi connectivity index (χ1v) is 5.40. The van der Waals surface area contributed by atoms with Gasteiger partial charge in [-0.3, -0.25) is 0 Å². The topological polar surface area (TPSA) is 43.8 Å². The summed E-state index contributed by atoms with van der Waals surface area (Å²) in [6.07, 6.45) is 0. The Morgan fingerprint density at radius 2 is 2.14 bits per heavy atom. The third-order valence-electron chi connectivity index (χ3n) is 1.89. The Morgan fingerprint density at radius 1 is 1.43 bits per heavy atom. The van der Waals surface area contributed by atoms with Crippen LogP contribution in [0.4, 0.5) is 5.95 Å². The lowest BCUT2D eigenvalue weighted by Crippen LogP contribution is -1.97. The van der Waals surface area contributed by atoms with Gasteiger partial charge in [0.1, 0.15) is 0 Å².